The van der Waals surface area contributed by atoms with E-state index in [1.165, 1.54) is 14.2 Å². The number of ether oxygens (including phenoxy) is 4. The summed E-state index contributed by atoms with van der Waals surface area (Å²) in [7, 11) is 2.58. The molecule has 64 heavy (non-hydrogen) atoms. The van der Waals surface area contributed by atoms with Crippen LogP contribution in [0.25, 0.3) is 33.6 Å². The summed E-state index contributed by atoms with van der Waals surface area (Å²) >= 11 is 13.6. The van der Waals surface area contributed by atoms with Gasteiger partial charge in [0.2, 0.25) is 11.8 Å². The van der Waals surface area contributed by atoms with Crippen LogP contribution >= 0.6 is 23.2 Å². The van der Waals surface area contributed by atoms with E-state index in [-0.39, 0.29) is 41.7 Å². The largest absolute Gasteiger partial charge is 0.453 e. The van der Waals surface area contributed by atoms with Gasteiger partial charge in [0.05, 0.1) is 26.3 Å². The van der Waals surface area contributed by atoms with Crippen molar-refractivity contribution in [2.75, 3.05) is 40.6 Å². The first-order chi connectivity index (χ1) is 31.1. The number of aromatic nitrogens is 4. The highest BCUT2D eigenvalue weighted by molar-refractivity contribution is 6.32. The fourth-order valence-corrected chi connectivity index (χ4v) is 10.3. The summed E-state index contributed by atoms with van der Waals surface area (Å²) in [5.74, 6) is 0.760. The number of nitrogens with one attached hydrogen (secondary N) is 4. The van der Waals surface area contributed by atoms with Crippen molar-refractivity contribution in [1.29, 1.82) is 0 Å². The average molecular weight is 912 g/mol. The van der Waals surface area contributed by atoms with Crippen molar-refractivity contribution in [3.63, 3.8) is 0 Å². The van der Waals surface area contributed by atoms with Crippen molar-refractivity contribution >= 4 is 47.2 Å². The molecule has 4 N–H and O–H groups in total. The van der Waals surface area contributed by atoms with Crippen molar-refractivity contribution in [1.82, 2.24) is 40.4 Å². The van der Waals surface area contributed by atoms with Crippen molar-refractivity contribution in [2.24, 2.45) is 17.8 Å². The van der Waals surface area contributed by atoms with E-state index in [0.717, 1.165) is 39.9 Å². The molecule has 6 atom stereocenters. The maximum Gasteiger partial charge on any atom is 0.407 e. The average Bonchev–Trinajstić information content (AvgIpc) is 4.04. The number of benzene rings is 2. The Hall–Kier alpha value is -5.68. The summed E-state index contributed by atoms with van der Waals surface area (Å²) in [6.07, 6.45) is 6.91. The van der Waals surface area contributed by atoms with E-state index in [1.807, 2.05) is 53.4 Å². The molecule has 4 aliphatic heterocycles. The molecule has 18 heteroatoms. The van der Waals surface area contributed by atoms with Crippen molar-refractivity contribution < 1.29 is 38.1 Å². The first-order valence-electron chi connectivity index (χ1n) is 21.7. The quantitative estimate of drug-likeness (QED) is 0.113. The first kappa shape index (κ1) is 42.3. The van der Waals surface area contributed by atoms with Crippen molar-refractivity contribution in [2.45, 2.75) is 68.7 Å². The number of hydrogen-bond acceptors (Lipinski definition) is 10. The molecule has 2 aromatic carbocycles. The third-order valence-electron chi connectivity index (χ3n) is 13.4. The summed E-state index contributed by atoms with van der Waals surface area (Å²) in [4.78, 5) is 73.1. The van der Waals surface area contributed by atoms with Gasteiger partial charge in [-0.1, -0.05) is 83.9 Å². The normalized spacial score (nSPS) is 23.6. The number of amides is 4. The number of hydrogen-bond donors (Lipinski definition) is 4. The van der Waals surface area contributed by atoms with Crippen molar-refractivity contribution in [3.8, 4) is 33.6 Å². The van der Waals surface area contributed by atoms with E-state index in [2.05, 4.69) is 32.8 Å². The molecule has 0 unspecified atom stereocenters. The summed E-state index contributed by atoms with van der Waals surface area (Å²) in [5.41, 5.74) is 6.79. The maximum atomic E-state index is 14.2. The Balaban J connectivity index is 0.832. The van der Waals surface area contributed by atoms with Gasteiger partial charge in [-0.2, -0.15) is 0 Å². The van der Waals surface area contributed by atoms with Gasteiger partial charge in [-0.05, 0) is 67.1 Å². The Morgan fingerprint density at radius 1 is 0.688 bits per heavy atom. The molecule has 16 nitrogen and oxygen atoms in total. The third-order valence-corrected chi connectivity index (χ3v) is 14.0. The van der Waals surface area contributed by atoms with Gasteiger partial charge in [0.25, 0.3) is 0 Å². The Morgan fingerprint density at radius 3 is 1.70 bits per heavy atom. The number of aromatic amines is 2. The molecule has 334 valence electrons. The molecule has 2 aliphatic carbocycles. The van der Waals surface area contributed by atoms with Crippen molar-refractivity contribution in [3.05, 3.63) is 93.9 Å². The second kappa shape index (κ2) is 17.4. The van der Waals surface area contributed by atoms with Crippen LogP contribution in [-0.4, -0.2) is 113 Å². The van der Waals surface area contributed by atoms with Gasteiger partial charge in [0.15, 0.2) is 0 Å². The molecular weight excluding hydrogens is 863 g/mol. The number of carbonyl (C=O) groups excluding carboxylic acids is 4. The van der Waals surface area contributed by atoms with Crippen LogP contribution in [0, 0.1) is 17.8 Å². The Bertz CT molecular complexity index is 2530. The number of fused-ring (bicyclic) bond motifs is 2. The van der Waals surface area contributed by atoms with Gasteiger partial charge in [-0.3, -0.25) is 9.59 Å². The molecule has 0 bridgehead atoms. The minimum Gasteiger partial charge on any atom is -0.453 e. The molecule has 1 saturated carbocycles. The first-order valence-corrected chi connectivity index (χ1v) is 22.5. The highest BCUT2D eigenvalue weighted by Gasteiger charge is 2.52. The molecule has 4 aromatic rings. The van der Waals surface area contributed by atoms with E-state index in [1.54, 1.807) is 4.90 Å². The number of imidazole rings is 2. The van der Waals surface area contributed by atoms with E-state index in [9.17, 15) is 19.2 Å². The fourth-order valence-electron chi connectivity index (χ4n) is 9.85. The van der Waals surface area contributed by atoms with E-state index < -0.39 is 30.3 Å². The zero-order chi connectivity index (χ0) is 44.2. The Morgan fingerprint density at radius 2 is 1.17 bits per heavy atom. The standard InChI is InChI=1S/C46H48Cl2N8O8/c1-61-45(59)51-37(27-11-15-63-16-12-27)43(57)55-31-19-29(31)21-33(55)41-49-35(39(47)53-41)25-7-3-23(4-8-25)24-5-9-26(10-6-24)36-40(48)54-42(50-36)34-22-30-20-32(30)56(34)44(58)38(52-46(60)62-2)28-13-17-64-18-14-28/h3-10,19,22,27-29,32-34,37-38H,11-18,20-21H2,1-2H3,(H,49,53)(H,50,54)(H,51,59)(H,52,60)/t29-,32-,33+,34+,37+,38+/m1/s1. The number of H-pyrrole nitrogens is 2. The van der Waals surface area contributed by atoms with Gasteiger partial charge in [0, 0.05) is 49.2 Å². The number of rotatable bonds is 11. The van der Waals surface area contributed by atoms with Crippen LogP contribution in [-0.2, 0) is 28.5 Å². The topological polar surface area (TPSA) is 193 Å². The van der Waals surface area contributed by atoms with Gasteiger partial charge >= 0.3 is 12.2 Å². The minimum atomic E-state index is -0.762. The maximum absolute atomic E-state index is 14.2. The molecule has 0 spiro atoms. The lowest BCUT2D eigenvalue weighted by atomic mass is 9.90. The predicted molar refractivity (Wildman–Crippen MR) is 235 cm³/mol. The van der Waals surface area contributed by atoms with Gasteiger partial charge in [0.1, 0.15) is 51.5 Å². The smallest absolute Gasteiger partial charge is 0.407 e. The van der Waals surface area contributed by atoms with E-state index >= 15 is 0 Å². The lowest BCUT2D eigenvalue weighted by Gasteiger charge is -2.35. The number of alkyl carbamates (subject to hydrolysis) is 2. The van der Waals surface area contributed by atoms with Crippen LogP contribution in [0.5, 0.6) is 0 Å². The summed E-state index contributed by atoms with van der Waals surface area (Å²) in [5, 5.41) is 6.34. The molecule has 2 aromatic heterocycles. The molecule has 6 heterocycles. The lowest BCUT2D eigenvalue weighted by Crippen LogP contribution is -2.54. The zero-order valence-corrected chi connectivity index (χ0v) is 36.8. The van der Waals surface area contributed by atoms with Crippen LogP contribution in [0.1, 0.15) is 62.3 Å². The highest BCUT2D eigenvalue weighted by atomic mass is 35.5. The molecule has 0 radical (unpaired) electrons. The fraction of sp³-hybridized carbons (Fsp3) is 0.435. The number of carbonyl (C=O) groups is 4. The number of methoxy groups -OCH3 is 2. The predicted octanol–water partition coefficient (Wildman–Crippen LogP) is 7.11. The number of likely N-dealkylation sites (tertiary alicyclic amines) is 1. The SMILES string of the molecule is COC(=O)N[C@H](C(=O)N1C2=C[C@@H]2C[C@H]1c1nc(-c2ccc(-c3ccc(-c4nc([C@@H]5C=C6C[C@H]6N5C(=O)[C@@H](NC(=O)OC)C5CCOCC5)[nH]c4Cl)cc3)cc2)c(Cl)[nH]1)C1CCOCC1. The van der Waals surface area contributed by atoms with Crippen LogP contribution in [0.2, 0.25) is 10.3 Å². The van der Waals surface area contributed by atoms with E-state index in [0.29, 0.717) is 91.9 Å². The molecular formula is C46H48Cl2N8O8. The van der Waals surface area contributed by atoms with Gasteiger partial charge < -0.3 is 49.3 Å². The number of nitrogens with zero attached hydrogens (tertiary/aromatic N) is 4. The minimum absolute atomic E-state index is 0.0430. The van der Waals surface area contributed by atoms with Crippen LogP contribution in [0.4, 0.5) is 9.59 Å². The second-order valence-electron chi connectivity index (χ2n) is 17.2. The summed E-state index contributed by atoms with van der Waals surface area (Å²) < 4.78 is 20.9. The second-order valence-corrected chi connectivity index (χ2v) is 17.9. The van der Waals surface area contributed by atoms with Crippen LogP contribution < -0.4 is 10.6 Å². The third kappa shape index (κ3) is 8.05. The lowest BCUT2D eigenvalue weighted by molar-refractivity contribution is -0.137. The molecule has 6 aliphatic rings. The summed E-state index contributed by atoms with van der Waals surface area (Å²) in [6, 6.07) is 13.5. The molecule has 10 rings (SSSR count). The van der Waals surface area contributed by atoms with Gasteiger partial charge in [-0.15, -0.1) is 0 Å². The molecule has 4 fully saturated rings. The molecule has 4 amide bonds. The van der Waals surface area contributed by atoms with E-state index in [4.69, 9.17) is 52.1 Å². The monoisotopic (exact) mass is 910 g/mol. The molecule has 3 saturated heterocycles. The van der Waals surface area contributed by atoms with Crippen LogP contribution in [0.15, 0.2) is 72.0 Å². The zero-order valence-electron chi connectivity index (χ0n) is 35.3. The Kier molecular flexibility index (Phi) is 11.5. The number of allylic oxidation sites excluding steroid dienone is 2. The highest BCUT2D eigenvalue weighted by Crippen LogP contribution is 2.52. The summed E-state index contributed by atoms with van der Waals surface area (Å²) in [6.45, 7) is 2.10. The Labute approximate surface area is 379 Å². The number of halogens is 2. The van der Waals surface area contributed by atoms with Gasteiger partial charge in [-0.25, -0.2) is 19.6 Å². The van der Waals surface area contributed by atoms with Crippen LogP contribution in [0.3, 0.4) is 0 Å².